The van der Waals surface area contributed by atoms with Crippen molar-refractivity contribution in [2.24, 2.45) is 4.99 Å². The largest absolute Gasteiger partial charge is 0.457 e. The number of ether oxygens (including phenoxy) is 1. The molecule has 0 fully saturated rings. The van der Waals surface area contributed by atoms with E-state index >= 15 is 0 Å². The van der Waals surface area contributed by atoms with E-state index in [1.54, 1.807) is 0 Å². The van der Waals surface area contributed by atoms with Crippen LogP contribution in [0.2, 0.25) is 0 Å². The third-order valence-electron chi connectivity index (χ3n) is 5.03. The van der Waals surface area contributed by atoms with E-state index in [1.807, 2.05) is 60.8 Å². The Hall–Kier alpha value is -3.59. The van der Waals surface area contributed by atoms with Crippen LogP contribution in [0.15, 0.2) is 119 Å². The van der Waals surface area contributed by atoms with Crippen molar-refractivity contribution < 1.29 is 4.74 Å². The van der Waals surface area contributed by atoms with Gasteiger partial charge in [0.1, 0.15) is 11.5 Å². The van der Waals surface area contributed by atoms with Gasteiger partial charge in [0.15, 0.2) is 0 Å². The second-order valence-corrected chi connectivity index (χ2v) is 7.87. The third kappa shape index (κ3) is 7.50. The number of benzene rings is 2. The summed E-state index contributed by atoms with van der Waals surface area (Å²) < 4.78 is 5.87. The SMILES string of the molecule is CC/C(=C\N=C1CC=CC=C1Nc1ccc(Oc2ccccc2)cc1)C1=CCC=C1.CCC. The molecule has 2 aromatic rings. The van der Waals surface area contributed by atoms with Crippen LogP contribution in [0.25, 0.3) is 0 Å². The van der Waals surface area contributed by atoms with E-state index in [9.17, 15) is 0 Å². The molecule has 0 heterocycles. The lowest BCUT2D eigenvalue weighted by Gasteiger charge is -2.15. The number of hydrogen-bond acceptors (Lipinski definition) is 3. The summed E-state index contributed by atoms with van der Waals surface area (Å²) in [4.78, 5) is 4.82. The van der Waals surface area contributed by atoms with Crippen molar-refractivity contribution in [3.05, 3.63) is 114 Å². The molecule has 0 unspecified atom stereocenters. The lowest BCUT2D eigenvalue weighted by Crippen LogP contribution is -2.12. The first kappa shape index (κ1) is 24.1. The maximum Gasteiger partial charge on any atom is 0.127 e. The van der Waals surface area contributed by atoms with Gasteiger partial charge < -0.3 is 10.1 Å². The van der Waals surface area contributed by atoms with E-state index in [0.29, 0.717) is 0 Å². The minimum absolute atomic E-state index is 0.812. The summed E-state index contributed by atoms with van der Waals surface area (Å²) in [6, 6.07) is 17.8. The third-order valence-corrected chi connectivity index (χ3v) is 5.03. The van der Waals surface area contributed by atoms with Crippen molar-refractivity contribution in [2.45, 2.75) is 46.5 Å². The molecule has 33 heavy (non-hydrogen) atoms. The zero-order valence-corrected chi connectivity index (χ0v) is 19.9. The second-order valence-electron chi connectivity index (χ2n) is 7.87. The smallest absolute Gasteiger partial charge is 0.127 e. The first-order chi connectivity index (χ1) is 16.2. The number of rotatable bonds is 7. The highest BCUT2D eigenvalue weighted by molar-refractivity contribution is 6.04. The van der Waals surface area contributed by atoms with E-state index in [2.05, 4.69) is 62.5 Å². The molecule has 2 aliphatic rings. The van der Waals surface area contributed by atoms with Crippen LogP contribution in [0.4, 0.5) is 5.69 Å². The highest BCUT2D eigenvalue weighted by Crippen LogP contribution is 2.25. The molecule has 0 spiro atoms. The molecule has 1 N–H and O–H groups in total. The van der Waals surface area contributed by atoms with Crippen molar-refractivity contribution in [3.63, 3.8) is 0 Å². The molecule has 0 saturated heterocycles. The Bertz CT molecular complexity index is 1070. The number of hydrogen-bond donors (Lipinski definition) is 1. The number of allylic oxidation sites excluding steroid dienone is 9. The summed E-state index contributed by atoms with van der Waals surface area (Å²) >= 11 is 0. The minimum Gasteiger partial charge on any atom is -0.457 e. The van der Waals surface area contributed by atoms with Gasteiger partial charge in [-0.2, -0.15) is 0 Å². The fourth-order valence-corrected chi connectivity index (χ4v) is 3.39. The maximum atomic E-state index is 5.87. The van der Waals surface area contributed by atoms with Crippen molar-refractivity contribution in [2.75, 3.05) is 5.32 Å². The minimum atomic E-state index is 0.812. The molecule has 0 saturated carbocycles. The first-order valence-electron chi connectivity index (χ1n) is 11.8. The normalized spacial score (nSPS) is 16.1. The summed E-state index contributed by atoms with van der Waals surface area (Å²) in [5.74, 6) is 1.64. The Morgan fingerprint density at radius 2 is 1.70 bits per heavy atom. The van der Waals surface area contributed by atoms with Crippen molar-refractivity contribution in [1.29, 1.82) is 0 Å². The van der Waals surface area contributed by atoms with Gasteiger partial charge in [0, 0.05) is 18.3 Å². The molecule has 170 valence electrons. The second kappa shape index (κ2) is 13.1. The maximum absolute atomic E-state index is 5.87. The van der Waals surface area contributed by atoms with Gasteiger partial charge in [-0.3, -0.25) is 4.99 Å². The van der Waals surface area contributed by atoms with E-state index in [0.717, 1.165) is 47.9 Å². The molecule has 0 aliphatic heterocycles. The van der Waals surface area contributed by atoms with Crippen LogP contribution in [0.5, 0.6) is 11.5 Å². The van der Waals surface area contributed by atoms with Gasteiger partial charge in [-0.1, -0.05) is 75.8 Å². The fourth-order valence-electron chi connectivity index (χ4n) is 3.39. The molecule has 3 nitrogen and oxygen atoms in total. The first-order valence-corrected chi connectivity index (χ1v) is 11.8. The zero-order chi connectivity index (χ0) is 23.3. The van der Waals surface area contributed by atoms with Crippen LogP contribution in [0.3, 0.4) is 0 Å². The average molecular weight is 439 g/mol. The van der Waals surface area contributed by atoms with Gasteiger partial charge in [-0.25, -0.2) is 0 Å². The summed E-state index contributed by atoms with van der Waals surface area (Å²) in [5.41, 5.74) is 5.63. The van der Waals surface area contributed by atoms with Gasteiger partial charge in [-0.15, -0.1) is 0 Å². The Morgan fingerprint density at radius 3 is 2.36 bits per heavy atom. The summed E-state index contributed by atoms with van der Waals surface area (Å²) in [6.07, 6.45) is 19.0. The van der Waals surface area contributed by atoms with E-state index in [-0.39, 0.29) is 0 Å². The predicted molar refractivity (Wildman–Crippen MR) is 142 cm³/mol. The van der Waals surface area contributed by atoms with E-state index in [4.69, 9.17) is 9.73 Å². The fraction of sp³-hybridized carbons (Fsp3) is 0.233. The number of para-hydroxylation sites is 1. The Labute approximate surface area is 198 Å². The lowest BCUT2D eigenvalue weighted by atomic mass is 10.1. The van der Waals surface area contributed by atoms with E-state index < -0.39 is 0 Å². The number of nitrogens with one attached hydrogen (secondary N) is 1. The molecular weight excluding hydrogens is 404 g/mol. The van der Waals surface area contributed by atoms with Gasteiger partial charge in [0.25, 0.3) is 0 Å². The average Bonchev–Trinajstić information content (AvgIpc) is 3.38. The number of anilines is 1. The van der Waals surface area contributed by atoms with Gasteiger partial charge in [-0.05, 0) is 66.5 Å². The van der Waals surface area contributed by atoms with Crippen molar-refractivity contribution in [3.8, 4) is 11.5 Å². The Morgan fingerprint density at radius 1 is 0.970 bits per heavy atom. The zero-order valence-electron chi connectivity index (χ0n) is 19.9. The summed E-state index contributed by atoms with van der Waals surface area (Å²) in [6.45, 7) is 6.42. The van der Waals surface area contributed by atoms with Gasteiger partial charge >= 0.3 is 0 Å². The lowest BCUT2D eigenvalue weighted by molar-refractivity contribution is 0.483. The Kier molecular flexibility index (Phi) is 9.53. The standard InChI is InChI=1S/C27H26N2O.C3H8/c1-2-21(22-10-6-7-11-22)20-28-26-14-8-9-15-27(26)29-23-16-18-25(19-17-23)30-24-12-4-3-5-13-24;1-3-2/h3-6,8-13,15-20,29H,2,7,14H2,1H3;3H2,1-2H3/b21-20+,28-26?;. The highest BCUT2D eigenvalue weighted by Gasteiger charge is 2.10. The van der Waals surface area contributed by atoms with Crippen LogP contribution in [-0.2, 0) is 0 Å². The quantitative estimate of drug-likeness (QED) is 0.468. The topological polar surface area (TPSA) is 33.6 Å². The molecule has 4 rings (SSSR count). The molecule has 2 aromatic carbocycles. The van der Waals surface area contributed by atoms with E-state index in [1.165, 1.54) is 17.6 Å². The predicted octanol–water partition coefficient (Wildman–Crippen LogP) is 8.77. The van der Waals surface area contributed by atoms with Gasteiger partial charge in [0.2, 0.25) is 0 Å². The molecule has 3 heteroatoms. The molecule has 0 bridgehead atoms. The molecule has 0 radical (unpaired) electrons. The van der Waals surface area contributed by atoms with Crippen LogP contribution in [0.1, 0.15) is 46.5 Å². The molecular formula is C30H34N2O. The summed E-state index contributed by atoms with van der Waals surface area (Å²) in [5, 5.41) is 3.50. The van der Waals surface area contributed by atoms with Crippen LogP contribution in [-0.4, -0.2) is 5.71 Å². The van der Waals surface area contributed by atoms with Crippen LogP contribution in [0, 0.1) is 0 Å². The monoisotopic (exact) mass is 438 g/mol. The molecule has 0 aromatic heterocycles. The van der Waals surface area contributed by atoms with Crippen LogP contribution < -0.4 is 10.1 Å². The van der Waals surface area contributed by atoms with Gasteiger partial charge in [0.05, 0.1) is 11.4 Å². The molecule has 0 amide bonds. The Balaban J connectivity index is 0.000000968. The molecule has 2 aliphatic carbocycles. The summed E-state index contributed by atoms with van der Waals surface area (Å²) in [7, 11) is 0. The number of nitrogens with zero attached hydrogens (tertiary/aromatic N) is 1. The van der Waals surface area contributed by atoms with Crippen molar-refractivity contribution in [1.82, 2.24) is 0 Å². The number of aliphatic imine (C=N–C) groups is 1. The van der Waals surface area contributed by atoms with Crippen LogP contribution >= 0.6 is 0 Å². The molecule has 0 atom stereocenters. The highest BCUT2D eigenvalue weighted by atomic mass is 16.5. The van der Waals surface area contributed by atoms with Crippen molar-refractivity contribution >= 4 is 11.4 Å².